The number of nitrogens with two attached hydrogens (primary N) is 1. The molecule has 2 N–H and O–H groups in total. The Morgan fingerprint density at radius 3 is 2.59 bits per heavy atom. The van der Waals surface area contributed by atoms with E-state index in [9.17, 15) is 4.79 Å². The van der Waals surface area contributed by atoms with Crippen LogP contribution in [0.1, 0.15) is 11.4 Å². The molecule has 17 heavy (non-hydrogen) atoms. The molecule has 1 aromatic heterocycles. The Bertz CT molecular complexity index is 517. The first-order chi connectivity index (χ1) is 8.13. The van der Waals surface area contributed by atoms with Gasteiger partial charge < -0.3 is 5.73 Å². The number of nitrogens with zero attached hydrogens (tertiary/aromatic N) is 4. The number of nitrogen functional groups attached to an aromatic ring is 1. The molecular formula is C11H13N5O. The smallest absolute Gasteiger partial charge is 0.182 e. The lowest BCUT2D eigenvalue weighted by molar-refractivity contribution is -0.117. The van der Waals surface area contributed by atoms with Gasteiger partial charge in [0.25, 0.3) is 0 Å². The molecule has 88 valence electrons. The van der Waals surface area contributed by atoms with Crippen LogP contribution in [0.4, 0.5) is 5.69 Å². The molecule has 0 amide bonds. The lowest BCUT2D eigenvalue weighted by Gasteiger charge is -1.99. The number of anilines is 1. The molecule has 1 aromatic carbocycles. The Kier molecular flexibility index (Phi) is 3.13. The fraction of sp³-hybridized carbons (Fsp3) is 0.273. The molecule has 1 heterocycles. The monoisotopic (exact) mass is 231 g/mol. The van der Waals surface area contributed by atoms with E-state index in [1.807, 2.05) is 12.1 Å². The lowest BCUT2D eigenvalue weighted by Crippen LogP contribution is -2.08. The molecule has 2 aromatic rings. The van der Waals surface area contributed by atoms with Crippen molar-refractivity contribution in [1.29, 1.82) is 0 Å². The van der Waals surface area contributed by atoms with E-state index in [0.29, 0.717) is 17.9 Å². The number of hydrogen-bond donors (Lipinski definition) is 1. The van der Waals surface area contributed by atoms with Crippen molar-refractivity contribution in [3.63, 3.8) is 0 Å². The predicted molar refractivity (Wildman–Crippen MR) is 62.1 cm³/mol. The van der Waals surface area contributed by atoms with Crippen LogP contribution < -0.4 is 5.73 Å². The van der Waals surface area contributed by atoms with Gasteiger partial charge in [-0.2, -0.15) is 4.80 Å². The van der Waals surface area contributed by atoms with E-state index in [2.05, 4.69) is 15.4 Å². The molecule has 0 unspecified atom stereocenters. The van der Waals surface area contributed by atoms with Crippen LogP contribution in [0, 0.1) is 0 Å². The summed E-state index contributed by atoms with van der Waals surface area (Å²) >= 11 is 0. The average Bonchev–Trinajstić information content (AvgIpc) is 2.67. The fourth-order valence-corrected chi connectivity index (χ4v) is 1.50. The average molecular weight is 231 g/mol. The molecule has 0 bridgehead atoms. The molecule has 0 atom stereocenters. The summed E-state index contributed by atoms with van der Waals surface area (Å²) in [6, 6.07) is 7.25. The number of hydrogen-bond acceptors (Lipinski definition) is 5. The van der Waals surface area contributed by atoms with Crippen molar-refractivity contribution in [1.82, 2.24) is 20.2 Å². The van der Waals surface area contributed by atoms with Gasteiger partial charge in [-0.15, -0.1) is 10.2 Å². The van der Waals surface area contributed by atoms with Crippen molar-refractivity contribution in [3.8, 4) is 0 Å². The topological polar surface area (TPSA) is 86.7 Å². The number of tetrazole rings is 1. The van der Waals surface area contributed by atoms with Crippen LogP contribution in [0.5, 0.6) is 0 Å². The van der Waals surface area contributed by atoms with Gasteiger partial charge in [0.15, 0.2) is 5.82 Å². The van der Waals surface area contributed by atoms with Crippen molar-refractivity contribution in [3.05, 3.63) is 35.7 Å². The van der Waals surface area contributed by atoms with Crippen LogP contribution in [0.2, 0.25) is 0 Å². The number of carbonyl (C=O) groups excluding carboxylic acids is 1. The lowest BCUT2D eigenvalue weighted by atomic mass is 10.1. The van der Waals surface area contributed by atoms with Crippen molar-refractivity contribution < 1.29 is 4.79 Å². The summed E-state index contributed by atoms with van der Waals surface area (Å²) in [6.07, 6.45) is 0.566. The highest BCUT2D eigenvalue weighted by molar-refractivity contribution is 5.82. The van der Waals surface area contributed by atoms with Crippen LogP contribution in [0.3, 0.4) is 0 Å². The maximum Gasteiger partial charge on any atom is 0.182 e. The Balaban J connectivity index is 1.95. The molecule has 0 saturated carbocycles. The fourth-order valence-electron chi connectivity index (χ4n) is 1.50. The first-order valence-corrected chi connectivity index (χ1v) is 5.22. The highest BCUT2D eigenvalue weighted by atomic mass is 16.1. The molecule has 0 saturated heterocycles. The summed E-state index contributed by atoms with van der Waals surface area (Å²) in [4.78, 5) is 13.1. The maximum absolute atomic E-state index is 11.7. The summed E-state index contributed by atoms with van der Waals surface area (Å²) in [6.45, 7) is 0. The summed E-state index contributed by atoms with van der Waals surface area (Å²) in [7, 11) is 1.67. The van der Waals surface area contributed by atoms with Gasteiger partial charge >= 0.3 is 0 Å². The zero-order chi connectivity index (χ0) is 12.3. The van der Waals surface area contributed by atoms with Gasteiger partial charge in [-0.3, -0.25) is 4.79 Å². The predicted octanol–water partition coefficient (Wildman–Crippen LogP) is 0.147. The third-order valence-corrected chi connectivity index (χ3v) is 2.29. The third-order valence-electron chi connectivity index (χ3n) is 2.29. The zero-order valence-corrected chi connectivity index (χ0v) is 9.50. The van der Waals surface area contributed by atoms with E-state index in [1.165, 1.54) is 4.80 Å². The maximum atomic E-state index is 11.7. The second-order valence-electron chi connectivity index (χ2n) is 3.83. The molecule has 2 rings (SSSR count). The first kappa shape index (κ1) is 11.3. The zero-order valence-electron chi connectivity index (χ0n) is 9.50. The standard InChI is InChI=1S/C11H13N5O/c1-16-14-11(13-15-16)7-10(17)6-8-2-4-9(12)5-3-8/h2-5H,6-7,12H2,1H3. The number of benzene rings is 1. The molecule has 0 aliphatic heterocycles. The summed E-state index contributed by atoms with van der Waals surface area (Å²) < 4.78 is 0. The quantitative estimate of drug-likeness (QED) is 0.757. The van der Waals surface area contributed by atoms with Gasteiger partial charge in [-0.25, -0.2) is 0 Å². The Morgan fingerprint density at radius 2 is 2.00 bits per heavy atom. The van der Waals surface area contributed by atoms with E-state index in [1.54, 1.807) is 19.2 Å². The highest BCUT2D eigenvalue weighted by Crippen LogP contribution is 2.07. The van der Waals surface area contributed by atoms with Crippen LogP contribution >= 0.6 is 0 Å². The number of aryl methyl sites for hydroxylation is 1. The van der Waals surface area contributed by atoms with Crippen LogP contribution in [-0.2, 0) is 24.7 Å². The van der Waals surface area contributed by atoms with Gasteiger partial charge in [0, 0.05) is 12.1 Å². The molecule has 0 radical (unpaired) electrons. The number of carbonyl (C=O) groups is 1. The number of aromatic nitrogens is 4. The van der Waals surface area contributed by atoms with Crippen molar-refractivity contribution in [2.45, 2.75) is 12.8 Å². The summed E-state index contributed by atoms with van der Waals surface area (Å²) in [5, 5.41) is 11.4. The second kappa shape index (κ2) is 4.73. The van der Waals surface area contributed by atoms with Gasteiger partial charge in [-0.05, 0) is 22.9 Å². The molecule has 6 heteroatoms. The normalized spacial score (nSPS) is 10.4. The summed E-state index contributed by atoms with van der Waals surface area (Å²) in [5.74, 6) is 0.510. The first-order valence-electron chi connectivity index (χ1n) is 5.22. The minimum atomic E-state index is 0.0581. The third kappa shape index (κ3) is 3.10. The van der Waals surface area contributed by atoms with E-state index in [0.717, 1.165) is 5.56 Å². The molecule has 0 aliphatic carbocycles. The Hall–Kier alpha value is -2.24. The largest absolute Gasteiger partial charge is 0.399 e. The van der Waals surface area contributed by atoms with Crippen LogP contribution in [0.25, 0.3) is 0 Å². The summed E-state index contributed by atoms with van der Waals surface area (Å²) in [5.41, 5.74) is 7.20. The molecular weight excluding hydrogens is 218 g/mol. The van der Waals surface area contributed by atoms with E-state index < -0.39 is 0 Å². The van der Waals surface area contributed by atoms with Crippen molar-refractivity contribution in [2.24, 2.45) is 7.05 Å². The van der Waals surface area contributed by atoms with Gasteiger partial charge in [0.1, 0.15) is 5.78 Å². The van der Waals surface area contributed by atoms with E-state index in [-0.39, 0.29) is 12.2 Å². The molecule has 0 spiro atoms. The van der Waals surface area contributed by atoms with Gasteiger partial charge in [0.05, 0.1) is 13.5 Å². The minimum absolute atomic E-state index is 0.0581. The van der Waals surface area contributed by atoms with Gasteiger partial charge in [0.2, 0.25) is 0 Å². The number of ketones is 1. The highest BCUT2D eigenvalue weighted by Gasteiger charge is 2.09. The van der Waals surface area contributed by atoms with Crippen LogP contribution in [0.15, 0.2) is 24.3 Å². The Labute approximate surface area is 98.4 Å². The van der Waals surface area contributed by atoms with E-state index in [4.69, 9.17) is 5.73 Å². The van der Waals surface area contributed by atoms with E-state index >= 15 is 0 Å². The SMILES string of the molecule is Cn1nnc(CC(=O)Cc2ccc(N)cc2)n1. The minimum Gasteiger partial charge on any atom is -0.399 e. The van der Waals surface area contributed by atoms with Crippen LogP contribution in [-0.4, -0.2) is 26.0 Å². The Morgan fingerprint density at radius 1 is 1.29 bits per heavy atom. The van der Waals surface area contributed by atoms with Crippen molar-refractivity contribution in [2.75, 3.05) is 5.73 Å². The van der Waals surface area contributed by atoms with Gasteiger partial charge in [-0.1, -0.05) is 12.1 Å². The number of Topliss-reactive ketones (excluding diaryl/α,β-unsaturated/α-hetero) is 1. The number of rotatable bonds is 4. The van der Waals surface area contributed by atoms with Crippen molar-refractivity contribution >= 4 is 11.5 Å². The molecule has 0 aliphatic rings. The second-order valence-corrected chi connectivity index (χ2v) is 3.83. The molecule has 6 nitrogen and oxygen atoms in total. The molecule has 0 fully saturated rings.